The number of benzene rings is 1. The highest BCUT2D eigenvalue weighted by Gasteiger charge is 2.02. The lowest BCUT2D eigenvalue weighted by atomic mass is 10.3. The van der Waals surface area contributed by atoms with E-state index in [1.807, 2.05) is 59.5 Å². The van der Waals surface area contributed by atoms with Gasteiger partial charge in [0.15, 0.2) is 5.96 Å². The summed E-state index contributed by atoms with van der Waals surface area (Å²) in [6.07, 6.45) is 6.40. The summed E-state index contributed by atoms with van der Waals surface area (Å²) in [6, 6.07) is 13.8. The lowest BCUT2D eigenvalue weighted by Gasteiger charge is -2.11. The Hall–Kier alpha value is -2.33. The van der Waals surface area contributed by atoms with Crippen molar-refractivity contribution in [2.45, 2.75) is 26.5 Å². The molecule has 0 saturated heterocycles. The zero-order valence-electron chi connectivity index (χ0n) is 16.6. The number of furan rings is 1. The van der Waals surface area contributed by atoms with Crippen molar-refractivity contribution in [3.8, 4) is 5.69 Å². The smallest absolute Gasteiger partial charge is 0.191 e. The molecule has 2 aromatic heterocycles. The van der Waals surface area contributed by atoms with Crippen LogP contribution in [0.2, 0.25) is 0 Å². The van der Waals surface area contributed by atoms with Gasteiger partial charge in [-0.15, -0.1) is 24.0 Å². The van der Waals surface area contributed by atoms with Gasteiger partial charge in [0.05, 0.1) is 24.7 Å². The van der Waals surface area contributed by atoms with Crippen LogP contribution in [0.5, 0.6) is 0 Å². The van der Waals surface area contributed by atoms with Crippen molar-refractivity contribution in [3.63, 3.8) is 0 Å². The Bertz CT molecular complexity index is 834. The first-order chi connectivity index (χ1) is 13.8. The second kappa shape index (κ2) is 13.0. The van der Waals surface area contributed by atoms with Gasteiger partial charge in [0, 0.05) is 31.5 Å². The molecule has 0 aliphatic rings. The molecule has 0 saturated carbocycles. The van der Waals surface area contributed by atoms with Gasteiger partial charge in [0.1, 0.15) is 12.4 Å². The van der Waals surface area contributed by atoms with E-state index < -0.39 is 0 Å². The molecule has 2 N–H and O–H groups in total. The average molecular weight is 509 g/mol. The van der Waals surface area contributed by atoms with Crippen molar-refractivity contribution in [1.29, 1.82) is 0 Å². The molecule has 3 aromatic rings. The maximum absolute atomic E-state index is 5.59. The zero-order valence-corrected chi connectivity index (χ0v) is 18.9. The number of guanidine groups is 1. The summed E-state index contributed by atoms with van der Waals surface area (Å²) in [7, 11) is 0. The molecule has 0 aliphatic carbocycles. The third-order valence-electron chi connectivity index (χ3n) is 4.00. The van der Waals surface area contributed by atoms with Gasteiger partial charge in [-0.2, -0.15) is 5.10 Å². The predicted molar refractivity (Wildman–Crippen MR) is 125 cm³/mol. The Kier molecular flexibility index (Phi) is 10.3. The standard InChI is InChI=1S/C21H27N5O2.HI/c1-2-22-21(23-11-7-12-27-17-20-10-6-13-28-20)24-14-18-15-25-26(16-18)19-8-4-3-5-9-19;/h3-6,8-10,13,15-16H,2,7,11-12,14,17H2,1H3,(H2,22,23,24);1H. The van der Waals surface area contributed by atoms with Gasteiger partial charge in [0.2, 0.25) is 0 Å². The van der Waals surface area contributed by atoms with Gasteiger partial charge in [-0.25, -0.2) is 9.67 Å². The first-order valence-corrected chi connectivity index (χ1v) is 9.56. The number of nitrogens with one attached hydrogen (secondary N) is 2. The summed E-state index contributed by atoms with van der Waals surface area (Å²) in [5.41, 5.74) is 2.10. The topological polar surface area (TPSA) is 76.6 Å². The molecule has 0 bridgehead atoms. The predicted octanol–water partition coefficient (Wildman–Crippen LogP) is 3.75. The molecule has 0 atom stereocenters. The molecule has 7 nitrogen and oxygen atoms in total. The van der Waals surface area contributed by atoms with E-state index >= 15 is 0 Å². The van der Waals surface area contributed by atoms with Gasteiger partial charge >= 0.3 is 0 Å². The highest BCUT2D eigenvalue weighted by Crippen LogP contribution is 2.08. The van der Waals surface area contributed by atoms with E-state index in [1.165, 1.54) is 0 Å². The molecule has 0 radical (unpaired) electrons. The second-order valence-electron chi connectivity index (χ2n) is 6.24. The van der Waals surface area contributed by atoms with E-state index in [0.717, 1.165) is 42.5 Å². The van der Waals surface area contributed by atoms with E-state index in [4.69, 9.17) is 9.15 Å². The fourth-order valence-electron chi connectivity index (χ4n) is 2.62. The van der Waals surface area contributed by atoms with Crippen LogP contribution in [0.4, 0.5) is 0 Å². The van der Waals surface area contributed by atoms with Crippen LogP contribution in [0.3, 0.4) is 0 Å². The number of para-hydroxylation sites is 1. The van der Waals surface area contributed by atoms with E-state index in [9.17, 15) is 0 Å². The second-order valence-corrected chi connectivity index (χ2v) is 6.24. The van der Waals surface area contributed by atoms with Crippen molar-refractivity contribution in [2.75, 3.05) is 19.7 Å². The minimum atomic E-state index is 0. The van der Waals surface area contributed by atoms with Crippen molar-refractivity contribution in [3.05, 3.63) is 72.4 Å². The maximum Gasteiger partial charge on any atom is 0.191 e. The summed E-state index contributed by atoms with van der Waals surface area (Å²) >= 11 is 0. The SMILES string of the molecule is CCNC(=NCc1cnn(-c2ccccc2)c1)NCCCOCc1ccco1.I. The van der Waals surface area contributed by atoms with Gasteiger partial charge < -0.3 is 19.8 Å². The van der Waals surface area contributed by atoms with Crippen molar-refractivity contribution < 1.29 is 9.15 Å². The lowest BCUT2D eigenvalue weighted by Crippen LogP contribution is -2.38. The van der Waals surface area contributed by atoms with Crippen LogP contribution >= 0.6 is 24.0 Å². The van der Waals surface area contributed by atoms with E-state index in [2.05, 4.69) is 27.6 Å². The minimum Gasteiger partial charge on any atom is -0.467 e. The Morgan fingerprint density at radius 3 is 2.79 bits per heavy atom. The number of ether oxygens (including phenoxy) is 1. The van der Waals surface area contributed by atoms with Crippen LogP contribution < -0.4 is 10.6 Å². The summed E-state index contributed by atoms with van der Waals surface area (Å²) in [5, 5.41) is 11.0. The number of aliphatic imine (C=N–C) groups is 1. The minimum absolute atomic E-state index is 0. The highest BCUT2D eigenvalue weighted by molar-refractivity contribution is 14.0. The van der Waals surface area contributed by atoms with Crippen LogP contribution in [-0.4, -0.2) is 35.4 Å². The molecular weight excluding hydrogens is 481 g/mol. The number of halogens is 1. The molecule has 0 spiro atoms. The lowest BCUT2D eigenvalue weighted by molar-refractivity contribution is 0.105. The van der Waals surface area contributed by atoms with Gasteiger partial charge in [-0.3, -0.25) is 0 Å². The fourth-order valence-corrected chi connectivity index (χ4v) is 2.62. The Morgan fingerprint density at radius 2 is 2.03 bits per heavy atom. The molecule has 0 amide bonds. The van der Waals surface area contributed by atoms with Crippen molar-refractivity contribution >= 4 is 29.9 Å². The molecule has 8 heteroatoms. The molecule has 0 fully saturated rings. The fraction of sp³-hybridized carbons (Fsp3) is 0.333. The van der Waals surface area contributed by atoms with E-state index in [1.54, 1.807) is 6.26 Å². The normalized spacial score (nSPS) is 11.1. The molecule has 0 unspecified atom stereocenters. The number of rotatable bonds is 10. The molecular formula is C21H28IN5O2. The monoisotopic (exact) mass is 509 g/mol. The highest BCUT2D eigenvalue weighted by atomic mass is 127. The van der Waals surface area contributed by atoms with Crippen LogP contribution in [0.25, 0.3) is 5.69 Å². The first kappa shape index (κ1) is 23.0. The quantitative estimate of drug-likeness (QED) is 0.189. The number of nitrogens with zero attached hydrogens (tertiary/aromatic N) is 3. The van der Waals surface area contributed by atoms with E-state index in [-0.39, 0.29) is 24.0 Å². The van der Waals surface area contributed by atoms with Crippen LogP contribution in [-0.2, 0) is 17.9 Å². The van der Waals surface area contributed by atoms with E-state index in [0.29, 0.717) is 19.8 Å². The van der Waals surface area contributed by atoms with Gasteiger partial charge in [0.25, 0.3) is 0 Å². The summed E-state index contributed by atoms with van der Waals surface area (Å²) in [4.78, 5) is 4.63. The molecule has 0 aliphatic heterocycles. The Labute approximate surface area is 188 Å². The number of aromatic nitrogens is 2. The number of hydrogen-bond acceptors (Lipinski definition) is 4. The Balaban J connectivity index is 0.00000300. The number of hydrogen-bond donors (Lipinski definition) is 2. The Morgan fingerprint density at radius 1 is 1.17 bits per heavy atom. The first-order valence-electron chi connectivity index (χ1n) is 9.56. The summed E-state index contributed by atoms with van der Waals surface area (Å²) in [5.74, 6) is 1.64. The van der Waals surface area contributed by atoms with Crippen molar-refractivity contribution in [2.24, 2.45) is 4.99 Å². The molecule has 29 heavy (non-hydrogen) atoms. The van der Waals surface area contributed by atoms with Crippen LogP contribution in [0, 0.1) is 0 Å². The van der Waals surface area contributed by atoms with Gasteiger partial charge in [-0.1, -0.05) is 18.2 Å². The third kappa shape index (κ3) is 7.90. The van der Waals surface area contributed by atoms with Crippen molar-refractivity contribution in [1.82, 2.24) is 20.4 Å². The molecule has 3 rings (SSSR count). The molecule has 156 valence electrons. The summed E-state index contributed by atoms with van der Waals surface area (Å²) in [6.45, 7) is 5.38. The molecule has 1 aromatic carbocycles. The average Bonchev–Trinajstić information content (AvgIpc) is 3.41. The van der Waals surface area contributed by atoms with Crippen LogP contribution in [0.15, 0.2) is 70.5 Å². The van der Waals surface area contributed by atoms with Gasteiger partial charge in [-0.05, 0) is 37.6 Å². The largest absolute Gasteiger partial charge is 0.467 e. The maximum atomic E-state index is 5.59. The molecule has 2 heterocycles. The third-order valence-corrected chi connectivity index (χ3v) is 4.00. The zero-order chi connectivity index (χ0) is 19.4. The van der Waals surface area contributed by atoms with Crippen LogP contribution in [0.1, 0.15) is 24.7 Å². The summed E-state index contributed by atoms with van der Waals surface area (Å²) < 4.78 is 12.7.